The third-order valence-electron chi connectivity index (χ3n) is 5.44. The maximum absolute atomic E-state index is 13.1. The molecule has 188 valence electrons. The molecule has 0 fully saturated rings. The molecule has 0 aliphatic carbocycles. The first-order valence-corrected chi connectivity index (χ1v) is 12.5. The molecular formula is C27H21BrClN3O4S. The Morgan fingerprint density at radius 2 is 1.59 bits per heavy atom. The first kappa shape index (κ1) is 26.4. The van der Waals surface area contributed by atoms with Crippen LogP contribution in [0.4, 0.5) is 11.4 Å². The SMILES string of the molecule is COc1cc(NC(=S)NC(=O)c2cc3ccccc3c(Br)c2OC)ccc1NC(=O)c1ccccc1Cl. The lowest BCUT2D eigenvalue weighted by Gasteiger charge is -2.16. The van der Waals surface area contributed by atoms with Crippen LogP contribution in [-0.2, 0) is 0 Å². The number of amides is 2. The number of benzene rings is 4. The Hall–Kier alpha value is -3.66. The lowest BCUT2D eigenvalue weighted by Crippen LogP contribution is -2.34. The van der Waals surface area contributed by atoms with Crippen molar-refractivity contribution in [3.05, 3.63) is 93.4 Å². The molecule has 4 rings (SSSR count). The topological polar surface area (TPSA) is 88.7 Å². The Labute approximate surface area is 232 Å². The van der Waals surface area contributed by atoms with Crippen molar-refractivity contribution in [1.82, 2.24) is 5.32 Å². The molecule has 0 saturated heterocycles. The standard InChI is InChI=1S/C27H21BrClN3O4S/c1-35-22-14-16(11-12-21(22)31-25(33)18-9-5-6-10-20(18)29)30-27(37)32-26(34)19-13-15-7-3-4-8-17(15)23(28)24(19)36-2/h3-14H,1-2H3,(H,31,33)(H2,30,32,34,37). The molecule has 10 heteroatoms. The summed E-state index contributed by atoms with van der Waals surface area (Å²) in [5.74, 6) is -0.0155. The summed E-state index contributed by atoms with van der Waals surface area (Å²) in [5.41, 5.74) is 1.66. The molecular weight excluding hydrogens is 578 g/mol. The third-order valence-corrected chi connectivity index (χ3v) is 6.76. The number of ether oxygens (including phenoxy) is 2. The fourth-order valence-corrected chi connectivity index (χ4v) is 4.86. The molecule has 0 radical (unpaired) electrons. The molecule has 4 aromatic rings. The van der Waals surface area contributed by atoms with Crippen LogP contribution >= 0.6 is 39.7 Å². The predicted molar refractivity (Wildman–Crippen MR) is 154 cm³/mol. The van der Waals surface area contributed by atoms with Crippen LogP contribution in [0.2, 0.25) is 5.02 Å². The molecule has 0 unspecified atom stereocenters. The molecule has 0 heterocycles. The lowest BCUT2D eigenvalue weighted by atomic mass is 10.1. The largest absolute Gasteiger partial charge is 0.495 e. The summed E-state index contributed by atoms with van der Waals surface area (Å²) >= 11 is 15.0. The van der Waals surface area contributed by atoms with Crippen molar-refractivity contribution in [3.63, 3.8) is 0 Å². The average molecular weight is 599 g/mol. The number of hydrogen-bond acceptors (Lipinski definition) is 5. The quantitative estimate of drug-likeness (QED) is 0.215. The van der Waals surface area contributed by atoms with E-state index in [4.69, 9.17) is 33.3 Å². The van der Waals surface area contributed by atoms with Crippen LogP contribution in [0.1, 0.15) is 20.7 Å². The maximum atomic E-state index is 13.1. The van der Waals surface area contributed by atoms with Crippen molar-refractivity contribution in [2.45, 2.75) is 0 Å². The zero-order chi connectivity index (χ0) is 26.5. The van der Waals surface area contributed by atoms with Gasteiger partial charge in [0.2, 0.25) is 0 Å². The lowest BCUT2D eigenvalue weighted by molar-refractivity contribution is 0.0973. The Bertz CT molecular complexity index is 1530. The molecule has 0 bridgehead atoms. The minimum Gasteiger partial charge on any atom is -0.495 e. The highest BCUT2D eigenvalue weighted by Crippen LogP contribution is 2.36. The van der Waals surface area contributed by atoms with Crippen LogP contribution in [0, 0.1) is 0 Å². The molecule has 0 aliphatic rings. The molecule has 37 heavy (non-hydrogen) atoms. The number of hydrogen-bond donors (Lipinski definition) is 3. The van der Waals surface area contributed by atoms with Gasteiger partial charge in [-0.15, -0.1) is 0 Å². The number of methoxy groups -OCH3 is 2. The summed E-state index contributed by atoms with van der Waals surface area (Å²) in [6.07, 6.45) is 0. The monoisotopic (exact) mass is 597 g/mol. The molecule has 0 aromatic heterocycles. The fourth-order valence-electron chi connectivity index (χ4n) is 3.69. The van der Waals surface area contributed by atoms with Gasteiger partial charge in [0.25, 0.3) is 11.8 Å². The fraction of sp³-hybridized carbons (Fsp3) is 0.0741. The highest BCUT2D eigenvalue weighted by Gasteiger charge is 2.19. The van der Waals surface area contributed by atoms with Crippen LogP contribution in [0.5, 0.6) is 11.5 Å². The number of carbonyl (C=O) groups is 2. The van der Waals surface area contributed by atoms with Crippen molar-refractivity contribution in [1.29, 1.82) is 0 Å². The van der Waals surface area contributed by atoms with Crippen LogP contribution in [-0.4, -0.2) is 31.1 Å². The summed E-state index contributed by atoms with van der Waals surface area (Å²) in [6.45, 7) is 0. The molecule has 0 atom stereocenters. The zero-order valence-electron chi connectivity index (χ0n) is 19.7. The second-order valence-electron chi connectivity index (χ2n) is 7.75. The van der Waals surface area contributed by atoms with Gasteiger partial charge in [-0.25, -0.2) is 0 Å². The molecule has 7 nitrogen and oxygen atoms in total. The predicted octanol–water partition coefficient (Wildman–Crippen LogP) is 6.65. The van der Waals surface area contributed by atoms with Crippen molar-refractivity contribution in [3.8, 4) is 11.5 Å². The Morgan fingerprint density at radius 3 is 2.32 bits per heavy atom. The molecule has 0 aliphatic heterocycles. The van der Waals surface area contributed by atoms with Crippen molar-refractivity contribution < 1.29 is 19.1 Å². The Balaban J connectivity index is 1.49. The van der Waals surface area contributed by atoms with Crippen LogP contribution < -0.4 is 25.4 Å². The number of rotatable bonds is 6. The summed E-state index contributed by atoms with van der Waals surface area (Å²) in [4.78, 5) is 25.7. The van der Waals surface area contributed by atoms with Gasteiger partial charge in [0.05, 0.1) is 40.5 Å². The van der Waals surface area contributed by atoms with Crippen molar-refractivity contribution >= 4 is 78.8 Å². The van der Waals surface area contributed by atoms with Crippen LogP contribution in [0.15, 0.2) is 77.3 Å². The van der Waals surface area contributed by atoms with E-state index in [-0.39, 0.29) is 11.0 Å². The van der Waals surface area contributed by atoms with E-state index in [0.29, 0.717) is 43.5 Å². The first-order valence-electron chi connectivity index (χ1n) is 10.9. The highest BCUT2D eigenvalue weighted by molar-refractivity contribution is 9.10. The van der Waals surface area contributed by atoms with E-state index in [2.05, 4.69) is 31.9 Å². The average Bonchev–Trinajstić information content (AvgIpc) is 2.89. The molecule has 3 N–H and O–H groups in total. The molecule has 0 saturated carbocycles. The van der Waals surface area contributed by atoms with Crippen LogP contribution in [0.3, 0.4) is 0 Å². The van der Waals surface area contributed by atoms with E-state index >= 15 is 0 Å². The van der Waals surface area contributed by atoms with Gasteiger partial charge < -0.3 is 20.1 Å². The number of thiocarbonyl (C=S) groups is 1. The molecule has 4 aromatic carbocycles. The van der Waals surface area contributed by atoms with Gasteiger partial charge in [0, 0.05) is 11.8 Å². The van der Waals surface area contributed by atoms with Crippen molar-refractivity contribution in [2.24, 2.45) is 0 Å². The van der Waals surface area contributed by atoms with Gasteiger partial charge in [-0.2, -0.15) is 0 Å². The summed E-state index contributed by atoms with van der Waals surface area (Å²) < 4.78 is 11.6. The normalized spacial score (nSPS) is 10.5. The van der Waals surface area contributed by atoms with E-state index in [1.54, 1.807) is 48.5 Å². The van der Waals surface area contributed by atoms with E-state index < -0.39 is 5.91 Å². The Morgan fingerprint density at radius 1 is 0.865 bits per heavy atom. The first-order chi connectivity index (χ1) is 17.8. The van der Waals surface area contributed by atoms with E-state index in [0.717, 1.165) is 10.8 Å². The summed E-state index contributed by atoms with van der Waals surface area (Å²) in [7, 11) is 2.98. The minimum absolute atomic E-state index is 0.0752. The number of carbonyl (C=O) groups excluding carboxylic acids is 2. The number of anilines is 2. The third kappa shape index (κ3) is 5.85. The highest BCUT2D eigenvalue weighted by atomic mass is 79.9. The minimum atomic E-state index is -0.434. The van der Waals surface area contributed by atoms with E-state index in [1.165, 1.54) is 14.2 Å². The van der Waals surface area contributed by atoms with Gasteiger partial charge >= 0.3 is 0 Å². The summed E-state index contributed by atoms with van der Waals surface area (Å²) in [5, 5.41) is 10.6. The van der Waals surface area contributed by atoms with Crippen molar-refractivity contribution in [2.75, 3.05) is 24.9 Å². The van der Waals surface area contributed by atoms with E-state index in [9.17, 15) is 9.59 Å². The second kappa shape index (κ2) is 11.6. The van der Waals surface area contributed by atoms with Gasteiger partial charge in [0.15, 0.2) is 5.11 Å². The number of nitrogens with one attached hydrogen (secondary N) is 3. The van der Waals surface area contributed by atoms with Gasteiger partial charge in [-0.05, 0) is 69.3 Å². The molecule has 0 spiro atoms. The van der Waals surface area contributed by atoms with Crippen LogP contribution in [0.25, 0.3) is 10.8 Å². The molecule has 2 amide bonds. The van der Waals surface area contributed by atoms with Gasteiger partial charge in [-0.3, -0.25) is 14.9 Å². The van der Waals surface area contributed by atoms with Gasteiger partial charge in [0.1, 0.15) is 11.5 Å². The number of halogens is 2. The smallest absolute Gasteiger partial charge is 0.261 e. The Kier molecular flexibility index (Phi) is 8.27. The second-order valence-corrected chi connectivity index (χ2v) is 9.36. The zero-order valence-corrected chi connectivity index (χ0v) is 22.9. The number of fused-ring (bicyclic) bond motifs is 1. The van der Waals surface area contributed by atoms with Gasteiger partial charge in [-0.1, -0.05) is 48.0 Å². The summed E-state index contributed by atoms with van der Waals surface area (Å²) in [6, 6.07) is 21.1. The van der Waals surface area contributed by atoms with E-state index in [1.807, 2.05) is 24.3 Å². The maximum Gasteiger partial charge on any atom is 0.261 e.